The van der Waals surface area contributed by atoms with Crippen molar-refractivity contribution in [2.75, 3.05) is 19.8 Å². The van der Waals surface area contributed by atoms with Crippen LogP contribution in [0.15, 0.2) is 0 Å². The van der Waals surface area contributed by atoms with Crippen LogP contribution in [0.5, 0.6) is 0 Å². The molecule has 1 N–H and O–H groups in total. The summed E-state index contributed by atoms with van der Waals surface area (Å²) in [5, 5.41) is 3.16. The molecule has 3 heteroatoms. The fourth-order valence-corrected chi connectivity index (χ4v) is 1.15. The Bertz CT molecular complexity index is 83.7. The van der Waals surface area contributed by atoms with E-state index in [2.05, 4.69) is 5.32 Å². The molecule has 2 nitrogen and oxygen atoms in total. The maximum absolute atomic E-state index is 11.6. The smallest absolute Gasteiger partial charge is 0.113 e. The summed E-state index contributed by atoms with van der Waals surface area (Å²) in [4.78, 5) is 0. The number of halogens is 1. The van der Waals surface area contributed by atoms with E-state index in [0.717, 1.165) is 13.0 Å². The molecular formula is C7H14FNO. The third-order valence-corrected chi connectivity index (χ3v) is 1.66. The first-order valence-corrected chi connectivity index (χ1v) is 3.84. The molecule has 1 saturated heterocycles. The minimum Gasteiger partial charge on any atom is -0.361 e. The van der Waals surface area contributed by atoms with Crippen LogP contribution in [0.2, 0.25) is 0 Å². The Morgan fingerprint density at radius 3 is 3.00 bits per heavy atom. The minimum absolute atomic E-state index is 0.115. The second kappa shape index (κ2) is 4.63. The van der Waals surface area contributed by atoms with Crippen LogP contribution in [-0.4, -0.2) is 26.1 Å². The molecule has 0 bridgehead atoms. The molecule has 0 aromatic heterocycles. The molecule has 1 rings (SSSR count). The summed E-state index contributed by atoms with van der Waals surface area (Å²) in [6.45, 7) is 0.868. The van der Waals surface area contributed by atoms with Crippen molar-refractivity contribution in [1.82, 2.24) is 5.32 Å². The maximum atomic E-state index is 11.6. The number of piperidine rings is 1. The Labute approximate surface area is 60.8 Å². The fourth-order valence-electron chi connectivity index (χ4n) is 1.15. The summed E-state index contributed by atoms with van der Waals surface area (Å²) in [5.41, 5.74) is 0. The van der Waals surface area contributed by atoms with E-state index in [1.807, 2.05) is 0 Å². The second-order valence-electron chi connectivity index (χ2n) is 2.50. The van der Waals surface area contributed by atoms with Crippen LogP contribution in [0.4, 0.5) is 4.39 Å². The summed E-state index contributed by atoms with van der Waals surface area (Å²) in [6, 6.07) is 0. The van der Waals surface area contributed by atoms with Gasteiger partial charge in [-0.3, -0.25) is 5.32 Å². The highest BCUT2D eigenvalue weighted by molar-refractivity contribution is 4.62. The van der Waals surface area contributed by atoms with Gasteiger partial charge in [0.05, 0.1) is 6.61 Å². The zero-order chi connectivity index (χ0) is 7.23. The van der Waals surface area contributed by atoms with Crippen LogP contribution in [-0.2, 0) is 4.74 Å². The zero-order valence-electron chi connectivity index (χ0n) is 6.11. The standard InChI is InChI=1S/C7H14FNO/c8-4-6-10-7-3-1-2-5-9-7/h7,9H,1-6H2. The average molecular weight is 147 g/mol. The van der Waals surface area contributed by atoms with E-state index in [9.17, 15) is 4.39 Å². The Morgan fingerprint density at radius 1 is 1.50 bits per heavy atom. The first-order chi connectivity index (χ1) is 4.93. The number of hydrogen-bond donors (Lipinski definition) is 1. The highest BCUT2D eigenvalue weighted by atomic mass is 19.1. The van der Waals surface area contributed by atoms with Gasteiger partial charge in [-0.25, -0.2) is 4.39 Å². The van der Waals surface area contributed by atoms with Crippen LogP contribution >= 0.6 is 0 Å². The van der Waals surface area contributed by atoms with Gasteiger partial charge < -0.3 is 4.74 Å². The third kappa shape index (κ3) is 2.62. The van der Waals surface area contributed by atoms with E-state index < -0.39 is 0 Å². The minimum atomic E-state index is -0.377. The predicted molar refractivity (Wildman–Crippen MR) is 37.6 cm³/mol. The Balaban J connectivity index is 2.02. The number of hydrogen-bond acceptors (Lipinski definition) is 2. The highest BCUT2D eigenvalue weighted by Crippen LogP contribution is 2.07. The lowest BCUT2D eigenvalue weighted by molar-refractivity contribution is 0.00620. The Morgan fingerprint density at radius 2 is 2.40 bits per heavy atom. The molecule has 1 unspecified atom stereocenters. The van der Waals surface area contributed by atoms with Gasteiger partial charge in [0.1, 0.15) is 12.9 Å². The van der Waals surface area contributed by atoms with Gasteiger partial charge in [0.2, 0.25) is 0 Å². The van der Waals surface area contributed by atoms with Gasteiger partial charge in [-0.1, -0.05) is 0 Å². The van der Waals surface area contributed by atoms with E-state index in [1.54, 1.807) is 0 Å². The lowest BCUT2D eigenvalue weighted by Gasteiger charge is -2.22. The van der Waals surface area contributed by atoms with Crippen LogP contribution in [0.1, 0.15) is 19.3 Å². The van der Waals surface area contributed by atoms with Gasteiger partial charge in [0.25, 0.3) is 0 Å². The Kier molecular flexibility index (Phi) is 3.68. The molecule has 0 aromatic rings. The molecule has 0 aliphatic carbocycles. The third-order valence-electron chi connectivity index (χ3n) is 1.66. The zero-order valence-corrected chi connectivity index (χ0v) is 6.11. The molecule has 60 valence electrons. The largest absolute Gasteiger partial charge is 0.361 e. The van der Waals surface area contributed by atoms with Gasteiger partial charge in [-0.2, -0.15) is 0 Å². The first kappa shape index (κ1) is 7.95. The van der Waals surface area contributed by atoms with E-state index >= 15 is 0 Å². The van der Waals surface area contributed by atoms with Gasteiger partial charge in [0, 0.05) is 0 Å². The van der Waals surface area contributed by atoms with Crippen molar-refractivity contribution < 1.29 is 9.13 Å². The summed E-state index contributed by atoms with van der Waals surface area (Å²) in [6.07, 6.45) is 3.56. The predicted octanol–water partition coefficient (Wildman–Crippen LogP) is 1.07. The number of rotatable bonds is 3. The van der Waals surface area contributed by atoms with E-state index in [4.69, 9.17) is 4.74 Å². The van der Waals surface area contributed by atoms with Crippen molar-refractivity contribution in [1.29, 1.82) is 0 Å². The van der Waals surface area contributed by atoms with Gasteiger partial charge >= 0.3 is 0 Å². The molecule has 1 fully saturated rings. The number of ether oxygens (including phenoxy) is 1. The highest BCUT2D eigenvalue weighted by Gasteiger charge is 2.11. The first-order valence-electron chi connectivity index (χ1n) is 3.84. The van der Waals surface area contributed by atoms with Crippen LogP contribution < -0.4 is 5.32 Å². The van der Waals surface area contributed by atoms with E-state index in [1.165, 1.54) is 12.8 Å². The van der Waals surface area contributed by atoms with Gasteiger partial charge in [-0.15, -0.1) is 0 Å². The van der Waals surface area contributed by atoms with E-state index in [0.29, 0.717) is 0 Å². The normalized spacial score (nSPS) is 26.7. The molecule has 0 saturated carbocycles. The van der Waals surface area contributed by atoms with Crippen LogP contribution in [0.3, 0.4) is 0 Å². The lowest BCUT2D eigenvalue weighted by Crippen LogP contribution is -2.36. The molecule has 0 aromatic carbocycles. The molecule has 0 amide bonds. The van der Waals surface area contributed by atoms with Crippen molar-refractivity contribution in [3.63, 3.8) is 0 Å². The SMILES string of the molecule is FCCOC1CCCCN1. The van der Waals surface area contributed by atoms with E-state index in [-0.39, 0.29) is 19.5 Å². The van der Waals surface area contributed by atoms with Crippen LogP contribution in [0.25, 0.3) is 0 Å². The molecule has 0 radical (unpaired) electrons. The van der Waals surface area contributed by atoms with Crippen molar-refractivity contribution >= 4 is 0 Å². The number of alkyl halides is 1. The van der Waals surface area contributed by atoms with Gasteiger partial charge in [-0.05, 0) is 25.8 Å². The Hall–Kier alpha value is -0.150. The molecule has 1 heterocycles. The summed E-state index contributed by atoms with van der Waals surface area (Å²) >= 11 is 0. The fraction of sp³-hybridized carbons (Fsp3) is 1.00. The lowest BCUT2D eigenvalue weighted by atomic mass is 10.1. The summed E-state index contributed by atoms with van der Waals surface area (Å²) < 4.78 is 16.7. The molecule has 1 aliphatic heterocycles. The monoisotopic (exact) mass is 147 g/mol. The molecule has 1 aliphatic rings. The quantitative estimate of drug-likeness (QED) is 0.644. The van der Waals surface area contributed by atoms with Crippen molar-refractivity contribution in [2.45, 2.75) is 25.5 Å². The van der Waals surface area contributed by atoms with Crippen molar-refractivity contribution in [3.8, 4) is 0 Å². The summed E-state index contributed by atoms with van der Waals surface area (Å²) in [7, 11) is 0. The molecule has 10 heavy (non-hydrogen) atoms. The van der Waals surface area contributed by atoms with Crippen LogP contribution in [0, 0.1) is 0 Å². The van der Waals surface area contributed by atoms with Gasteiger partial charge in [0.15, 0.2) is 0 Å². The molecule has 0 spiro atoms. The summed E-state index contributed by atoms with van der Waals surface area (Å²) in [5.74, 6) is 0. The molecular weight excluding hydrogens is 133 g/mol. The van der Waals surface area contributed by atoms with Crippen molar-refractivity contribution in [3.05, 3.63) is 0 Å². The number of nitrogens with one attached hydrogen (secondary N) is 1. The second-order valence-corrected chi connectivity index (χ2v) is 2.50. The van der Waals surface area contributed by atoms with Crippen molar-refractivity contribution in [2.24, 2.45) is 0 Å². The maximum Gasteiger partial charge on any atom is 0.113 e. The topological polar surface area (TPSA) is 21.3 Å². The average Bonchev–Trinajstić information content (AvgIpc) is 2.03. The molecule has 1 atom stereocenters.